The predicted molar refractivity (Wildman–Crippen MR) is 133 cm³/mol. The maximum Gasteiger partial charge on any atom is 0.254 e. The Bertz CT molecular complexity index is 1300. The number of para-hydroxylation sites is 1. The number of piperazine rings is 1. The van der Waals surface area contributed by atoms with Crippen LogP contribution in [0.25, 0.3) is 22.2 Å². The van der Waals surface area contributed by atoms with Gasteiger partial charge in [-0.1, -0.05) is 18.2 Å². The molecule has 4 aromatic rings. The summed E-state index contributed by atoms with van der Waals surface area (Å²) in [5.74, 6) is 0.567. The van der Waals surface area contributed by atoms with Crippen molar-refractivity contribution in [2.75, 3.05) is 37.7 Å². The minimum absolute atomic E-state index is 0.00421. The number of carbonyl (C=O) groups excluding carboxylic acids is 1. The molecule has 5 nitrogen and oxygen atoms in total. The minimum Gasteiger partial charge on any atom is -0.494 e. The highest BCUT2D eigenvalue weighted by molar-refractivity contribution is 6.07. The lowest BCUT2D eigenvalue weighted by Crippen LogP contribution is -2.48. The Balaban J connectivity index is 1.41. The smallest absolute Gasteiger partial charge is 0.254 e. The summed E-state index contributed by atoms with van der Waals surface area (Å²) >= 11 is 0. The fourth-order valence-electron chi connectivity index (χ4n) is 4.38. The number of aromatic nitrogens is 1. The van der Waals surface area contributed by atoms with E-state index in [2.05, 4.69) is 4.90 Å². The van der Waals surface area contributed by atoms with Gasteiger partial charge in [-0.3, -0.25) is 4.79 Å². The van der Waals surface area contributed by atoms with E-state index in [0.717, 1.165) is 33.6 Å². The maximum atomic E-state index is 13.6. The molecule has 5 rings (SSSR count). The summed E-state index contributed by atoms with van der Waals surface area (Å²) in [5.41, 5.74) is 4.12. The molecule has 1 aliphatic heterocycles. The average molecular weight is 456 g/mol. The van der Waals surface area contributed by atoms with Crippen molar-refractivity contribution in [2.24, 2.45) is 0 Å². The third kappa shape index (κ3) is 4.44. The number of fused-ring (bicyclic) bond motifs is 1. The number of anilines is 1. The zero-order valence-corrected chi connectivity index (χ0v) is 19.1. The molecule has 0 bridgehead atoms. The molecule has 0 atom stereocenters. The van der Waals surface area contributed by atoms with E-state index in [1.165, 1.54) is 12.1 Å². The van der Waals surface area contributed by atoms with Gasteiger partial charge in [0.15, 0.2) is 0 Å². The van der Waals surface area contributed by atoms with E-state index in [9.17, 15) is 9.18 Å². The van der Waals surface area contributed by atoms with Crippen LogP contribution in [0.2, 0.25) is 0 Å². The summed E-state index contributed by atoms with van der Waals surface area (Å²) in [4.78, 5) is 22.5. The molecule has 1 aliphatic rings. The second-order valence-corrected chi connectivity index (χ2v) is 8.29. The minimum atomic E-state index is -0.245. The maximum absolute atomic E-state index is 13.6. The molecule has 0 spiro atoms. The van der Waals surface area contributed by atoms with Crippen molar-refractivity contribution in [3.8, 4) is 17.0 Å². The van der Waals surface area contributed by atoms with Gasteiger partial charge in [-0.25, -0.2) is 9.37 Å². The highest BCUT2D eigenvalue weighted by Crippen LogP contribution is 2.28. The number of ether oxygens (including phenoxy) is 1. The second-order valence-electron chi connectivity index (χ2n) is 8.29. The van der Waals surface area contributed by atoms with Gasteiger partial charge in [0.1, 0.15) is 11.6 Å². The molecule has 1 saturated heterocycles. The van der Waals surface area contributed by atoms with Crippen molar-refractivity contribution < 1.29 is 13.9 Å². The van der Waals surface area contributed by atoms with E-state index >= 15 is 0 Å². The van der Waals surface area contributed by atoms with E-state index in [-0.39, 0.29) is 11.7 Å². The Labute approximate surface area is 198 Å². The molecule has 1 amide bonds. The largest absolute Gasteiger partial charge is 0.494 e. The van der Waals surface area contributed by atoms with Crippen LogP contribution in [0, 0.1) is 5.82 Å². The summed E-state index contributed by atoms with van der Waals surface area (Å²) in [7, 11) is 0. The van der Waals surface area contributed by atoms with Crippen LogP contribution < -0.4 is 9.64 Å². The Kier molecular flexibility index (Phi) is 6.12. The molecular formula is C28H26FN3O2. The summed E-state index contributed by atoms with van der Waals surface area (Å²) in [6.45, 7) is 5.17. The lowest BCUT2D eigenvalue weighted by molar-refractivity contribution is 0.0748. The molecule has 0 N–H and O–H groups in total. The van der Waals surface area contributed by atoms with Crippen LogP contribution >= 0.6 is 0 Å². The standard InChI is InChI=1S/C28H26FN3O2/c1-2-34-23-13-7-20(8-14-23)27-19-25(24-5-3-4-6-26(24)30-27)28(33)32-17-15-31(16-18-32)22-11-9-21(29)10-12-22/h3-14,19H,2,15-18H2,1H3. The molecule has 0 aliphatic carbocycles. The topological polar surface area (TPSA) is 45.7 Å². The molecule has 34 heavy (non-hydrogen) atoms. The van der Waals surface area contributed by atoms with E-state index in [1.54, 1.807) is 12.1 Å². The van der Waals surface area contributed by atoms with Gasteiger partial charge >= 0.3 is 0 Å². The highest BCUT2D eigenvalue weighted by atomic mass is 19.1. The van der Waals surface area contributed by atoms with Gasteiger partial charge < -0.3 is 14.5 Å². The Morgan fingerprint density at radius 3 is 2.35 bits per heavy atom. The SMILES string of the molecule is CCOc1ccc(-c2cc(C(=O)N3CCN(c4ccc(F)cc4)CC3)c3ccccc3n2)cc1. The van der Waals surface area contributed by atoms with Gasteiger partial charge in [0.05, 0.1) is 23.4 Å². The number of nitrogens with zero attached hydrogens (tertiary/aromatic N) is 3. The number of pyridine rings is 1. The predicted octanol–water partition coefficient (Wildman–Crippen LogP) is 5.40. The zero-order chi connectivity index (χ0) is 23.5. The van der Waals surface area contributed by atoms with E-state index in [4.69, 9.17) is 9.72 Å². The molecule has 1 aromatic heterocycles. The molecule has 172 valence electrons. The van der Waals surface area contributed by atoms with Crippen LogP contribution in [0.5, 0.6) is 5.75 Å². The fraction of sp³-hybridized carbons (Fsp3) is 0.214. The summed E-state index contributed by atoms with van der Waals surface area (Å²) in [6, 6.07) is 24.0. The molecular weight excluding hydrogens is 429 g/mol. The third-order valence-electron chi connectivity index (χ3n) is 6.17. The van der Waals surface area contributed by atoms with E-state index < -0.39 is 0 Å². The monoisotopic (exact) mass is 455 g/mol. The van der Waals surface area contributed by atoms with Crippen LogP contribution in [0.1, 0.15) is 17.3 Å². The Morgan fingerprint density at radius 2 is 1.65 bits per heavy atom. The fourth-order valence-corrected chi connectivity index (χ4v) is 4.38. The summed E-state index contributed by atoms with van der Waals surface area (Å²) in [6.07, 6.45) is 0. The molecule has 6 heteroatoms. The number of halogens is 1. The van der Waals surface area contributed by atoms with Crippen molar-refractivity contribution >= 4 is 22.5 Å². The molecule has 0 radical (unpaired) electrons. The van der Waals surface area contributed by atoms with Crippen LogP contribution in [0.4, 0.5) is 10.1 Å². The van der Waals surface area contributed by atoms with Gasteiger partial charge in [0.2, 0.25) is 0 Å². The van der Waals surface area contributed by atoms with Crippen molar-refractivity contribution in [1.29, 1.82) is 0 Å². The van der Waals surface area contributed by atoms with Gasteiger partial charge in [0.25, 0.3) is 5.91 Å². The average Bonchev–Trinajstić information content (AvgIpc) is 2.89. The van der Waals surface area contributed by atoms with Crippen LogP contribution in [-0.2, 0) is 0 Å². The second kappa shape index (κ2) is 9.51. The number of benzene rings is 3. The first-order valence-electron chi connectivity index (χ1n) is 11.5. The quantitative estimate of drug-likeness (QED) is 0.404. The van der Waals surface area contributed by atoms with Crippen molar-refractivity contribution in [2.45, 2.75) is 6.92 Å². The number of rotatable bonds is 5. The van der Waals surface area contributed by atoms with Crippen molar-refractivity contribution in [1.82, 2.24) is 9.88 Å². The molecule has 1 fully saturated rings. The first-order valence-corrected chi connectivity index (χ1v) is 11.5. The van der Waals surface area contributed by atoms with E-state index in [0.29, 0.717) is 38.3 Å². The van der Waals surface area contributed by atoms with E-state index in [1.807, 2.05) is 66.4 Å². The van der Waals surface area contributed by atoms with Gasteiger partial charge in [-0.05, 0) is 67.6 Å². The number of carbonyl (C=O) groups is 1. The lowest BCUT2D eigenvalue weighted by Gasteiger charge is -2.36. The molecule has 2 heterocycles. The normalized spacial score (nSPS) is 13.8. The molecule has 0 saturated carbocycles. The molecule has 3 aromatic carbocycles. The first-order chi connectivity index (χ1) is 16.6. The van der Waals surface area contributed by atoms with Crippen molar-refractivity contribution in [3.05, 3.63) is 90.2 Å². The number of amides is 1. The highest BCUT2D eigenvalue weighted by Gasteiger charge is 2.24. The third-order valence-corrected chi connectivity index (χ3v) is 6.17. The first kappa shape index (κ1) is 21.9. The van der Waals surface area contributed by atoms with Crippen LogP contribution in [-0.4, -0.2) is 48.6 Å². The van der Waals surface area contributed by atoms with Crippen LogP contribution in [0.3, 0.4) is 0 Å². The number of hydrogen-bond acceptors (Lipinski definition) is 4. The molecule has 0 unspecified atom stereocenters. The summed E-state index contributed by atoms with van der Waals surface area (Å²) < 4.78 is 18.8. The van der Waals surface area contributed by atoms with Gasteiger partial charge in [-0.15, -0.1) is 0 Å². The Morgan fingerprint density at radius 1 is 0.941 bits per heavy atom. The lowest BCUT2D eigenvalue weighted by atomic mass is 10.0. The Hall–Kier alpha value is -3.93. The number of hydrogen-bond donors (Lipinski definition) is 0. The van der Waals surface area contributed by atoms with Crippen molar-refractivity contribution in [3.63, 3.8) is 0 Å². The van der Waals surface area contributed by atoms with Crippen LogP contribution in [0.15, 0.2) is 78.9 Å². The van der Waals surface area contributed by atoms with Gasteiger partial charge in [-0.2, -0.15) is 0 Å². The zero-order valence-electron chi connectivity index (χ0n) is 19.1. The van der Waals surface area contributed by atoms with Gasteiger partial charge in [0, 0.05) is 42.8 Å². The summed E-state index contributed by atoms with van der Waals surface area (Å²) in [5, 5.41) is 0.850.